The third-order valence-corrected chi connectivity index (χ3v) is 7.40. The minimum atomic E-state index is -5.03. The van der Waals surface area contributed by atoms with Crippen molar-refractivity contribution in [2.24, 2.45) is 0 Å². The van der Waals surface area contributed by atoms with E-state index in [4.69, 9.17) is 19.6 Å². The second-order valence-corrected chi connectivity index (χ2v) is 15.8. The molecule has 0 rings (SSSR count). The normalized spacial score (nSPS) is 22.2. The minimum absolute atomic E-state index is 0.400. The van der Waals surface area contributed by atoms with E-state index in [0.717, 1.165) is 16.5 Å². The summed E-state index contributed by atoms with van der Waals surface area (Å²) < 4.78 is 56.1. The lowest BCUT2D eigenvalue weighted by molar-refractivity contribution is -0.200. The number of rotatable bonds is 16. The van der Waals surface area contributed by atoms with Gasteiger partial charge < -0.3 is 62.3 Å². The maximum atomic E-state index is 11.6. The SMILES string of the molecule is CP(=O)(O)CN(CCN(CCN(CP(=O)([O-])O)CP(=O)([O-])O)CP(=O)([O-])O)CP(=O)([O-])O. The van der Waals surface area contributed by atoms with Crippen LogP contribution >= 0.6 is 37.8 Å². The van der Waals surface area contributed by atoms with Crippen LogP contribution in [-0.2, 0) is 22.8 Å². The van der Waals surface area contributed by atoms with Crippen LogP contribution in [0.4, 0.5) is 0 Å². The predicted octanol–water partition coefficient (Wildman–Crippen LogP) is -4.24. The van der Waals surface area contributed by atoms with Crippen LogP contribution in [-0.4, -0.2) is 103 Å². The van der Waals surface area contributed by atoms with Gasteiger partial charge in [0, 0.05) is 32.8 Å². The lowest BCUT2D eigenvalue weighted by Crippen LogP contribution is -2.42. The zero-order chi connectivity index (χ0) is 25.6. The van der Waals surface area contributed by atoms with Gasteiger partial charge in [0.15, 0.2) is 0 Å². The summed E-state index contributed by atoms with van der Waals surface area (Å²) in [7, 11) is -23.8. The molecule has 0 radical (unpaired) electrons. The molecule has 0 saturated carbocycles. The Hall–Kier alpha value is 0.670. The van der Waals surface area contributed by atoms with Crippen molar-refractivity contribution in [1.29, 1.82) is 0 Å². The first-order valence-electron chi connectivity index (χ1n) is 8.52. The fraction of sp³-hybridized carbons (Fsp3) is 1.00. The molecular weight excluding hydrogens is 541 g/mol. The standard InChI is InChI=1S/C10H30N3O14P5/c1-28(14,15)6-12(8-30(19,20)21)4-2-11(7-29(16,17)18)3-5-13(9-31(22,23)24)10-32(25,26)27/h2-10H2,1H3,(H,14,15)(H2,16,17,18)(H2,19,20,21)(H2,22,23,24)(H2,25,26,27)/p-4. The Labute approximate surface area is 184 Å². The molecule has 5 N–H and O–H groups in total. The van der Waals surface area contributed by atoms with Gasteiger partial charge in [-0.15, -0.1) is 0 Å². The number of nitrogens with zero attached hydrogens (tertiary/aromatic N) is 3. The van der Waals surface area contributed by atoms with E-state index in [1.165, 1.54) is 0 Å². The average molecular weight is 567 g/mol. The molecule has 17 nitrogen and oxygen atoms in total. The fourth-order valence-electron chi connectivity index (χ4n) is 2.57. The molecule has 0 heterocycles. The van der Waals surface area contributed by atoms with Gasteiger partial charge in [-0.25, -0.2) is 0 Å². The van der Waals surface area contributed by atoms with E-state index in [1.807, 2.05) is 0 Å². The molecule has 0 aromatic carbocycles. The summed E-state index contributed by atoms with van der Waals surface area (Å²) >= 11 is 0. The Bertz CT molecular complexity index is 721. The van der Waals surface area contributed by atoms with Crippen LogP contribution < -0.4 is 19.6 Å². The lowest BCUT2D eigenvalue weighted by Gasteiger charge is -2.35. The Kier molecular flexibility index (Phi) is 12.8. The predicted molar refractivity (Wildman–Crippen MR) is 104 cm³/mol. The van der Waals surface area contributed by atoms with Crippen molar-refractivity contribution in [1.82, 2.24) is 14.7 Å². The maximum absolute atomic E-state index is 11.6. The molecule has 5 atom stereocenters. The molecule has 194 valence electrons. The van der Waals surface area contributed by atoms with Crippen molar-refractivity contribution >= 4 is 37.8 Å². The summed E-state index contributed by atoms with van der Waals surface area (Å²) in [5, 5.41) is 0. The van der Waals surface area contributed by atoms with Gasteiger partial charge in [-0.05, 0) is 0 Å². The minimum Gasteiger partial charge on any atom is -0.778 e. The van der Waals surface area contributed by atoms with Crippen molar-refractivity contribution in [3.63, 3.8) is 0 Å². The molecule has 0 amide bonds. The highest BCUT2D eigenvalue weighted by Gasteiger charge is 2.23. The van der Waals surface area contributed by atoms with Crippen LogP contribution in [0.2, 0.25) is 0 Å². The summed E-state index contributed by atoms with van der Waals surface area (Å²) in [6, 6.07) is 0. The number of hydrogen-bond acceptors (Lipinski definition) is 12. The Morgan fingerprint density at radius 1 is 0.500 bits per heavy atom. The molecule has 32 heavy (non-hydrogen) atoms. The number of hydrogen-bond donors (Lipinski definition) is 5. The second-order valence-electron chi connectivity index (χ2n) is 7.21. The van der Waals surface area contributed by atoms with E-state index < -0.39 is 95.4 Å². The van der Waals surface area contributed by atoms with Crippen LogP contribution in [0.15, 0.2) is 0 Å². The zero-order valence-electron chi connectivity index (χ0n) is 16.9. The molecular formula is C10H26N3O14P5-4. The quantitative estimate of drug-likeness (QED) is 0.110. The summed E-state index contributed by atoms with van der Waals surface area (Å²) in [6.45, 7) is -0.910. The van der Waals surface area contributed by atoms with Crippen LogP contribution in [0.3, 0.4) is 0 Å². The van der Waals surface area contributed by atoms with E-state index in [0.29, 0.717) is 4.90 Å². The summed E-state index contributed by atoms with van der Waals surface area (Å²) in [6.07, 6.45) is -5.20. The van der Waals surface area contributed by atoms with Gasteiger partial charge in [-0.1, -0.05) is 0 Å². The Morgan fingerprint density at radius 3 is 0.969 bits per heavy atom. The van der Waals surface area contributed by atoms with Gasteiger partial charge in [0.05, 0.1) is 31.4 Å². The third-order valence-electron chi connectivity index (χ3n) is 3.44. The van der Waals surface area contributed by atoms with Crippen LogP contribution in [0.25, 0.3) is 0 Å². The van der Waals surface area contributed by atoms with E-state index in [2.05, 4.69) is 0 Å². The highest BCUT2D eigenvalue weighted by atomic mass is 31.2. The van der Waals surface area contributed by atoms with Crippen molar-refractivity contribution in [2.75, 3.05) is 64.3 Å². The van der Waals surface area contributed by atoms with E-state index in [9.17, 15) is 47.3 Å². The monoisotopic (exact) mass is 567 g/mol. The van der Waals surface area contributed by atoms with Crippen LogP contribution in [0.5, 0.6) is 0 Å². The molecule has 0 bridgehead atoms. The zero-order valence-corrected chi connectivity index (χ0v) is 21.3. The van der Waals surface area contributed by atoms with Crippen molar-refractivity contribution in [3.05, 3.63) is 0 Å². The van der Waals surface area contributed by atoms with E-state index >= 15 is 0 Å². The molecule has 0 aliphatic rings. The summed E-state index contributed by atoms with van der Waals surface area (Å²) in [4.78, 5) is 92.3. The lowest BCUT2D eigenvalue weighted by atomic mass is 10.4. The molecule has 0 aromatic heterocycles. The molecule has 0 aliphatic carbocycles. The molecule has 0 aromatic rings. The van der Waals surface area contributed by atoms with Gasteiger partial charge in [0.2, 0.25) is 7.37 Å². The fourth-order valence-corrected chi connectivity index (χ4v) is 6.90. The van der Waals surface area contributed by atoms with Crippen molar-refractivity contribution in [2.45, 2.75) is 0 Å². The molecule has 0 saturated heterocycles. The van der Waals surface area contributed by atoms with Gasteiger partial charge in [-0.2, -0.15) is 0 Å². The average Bonchev–Trinajstić information content (AvgIpc) is 2.41. The van der Waals surface area contributed by atoms with Gasteiger partial charge in [-0.3, -0.25) is 19.3 Å². The molecule has 5 unspecified atom stereocenters. The topological polar surface area (TPSA) is 288 Å². The van der Waals surface area contributed by atoms with E-state index in [1.54, 1.807) is 0 Å². The first-order chi connectivity index (χ1) is 13.9. The highest BCUT2D eigenvalue weighted by Crippen LogP contribution is 2.39. The Morgan fingerprint density at radius 2 is 0.719 bits per heavy atom. The molecule has 0 aliphatic heterocycles. The summed E-state index contributed by atoms with van der Waals surface area (Å²) in [5.41, 5.74) is 0. The molecule has 0 spiro atoms. The third kappa shape index (κ3) is 21.2. The van der Waals surface area contributed by atoms with Gasteiger partial charge in [0.25, 0.3) is 0 Å². The second kappa shape index (κ2) is 12.6. The Balaban J connectivity index is 5.41. The van der Waals surface area contributed by atoms with Crippen molar-refractivity contribution in [3.8, 4) is 0 Å². The largest absolute Gasteiger partial charge is 0.778 e. The van der Waals surface area contributed by atoms with E-state index in [-0.39, 0.29) is 0 Å². The maximum Gasteiger partial charge on any atom is 0.211 e. The first-order valence-corrected chi connectivity index (χ1v) is 17.9. The summed E-state index contributed by atoms with van der Waals surface area (Å²) in [5.74, 6) is 0. The highest BCUT2D eigenvalue weighted by molar-refractivity contribution is 7.57. The smallest absolute Gasteiger partial charge is 0.211 e. The van der Waals surface area contributed by atoms with Gasteiger partial charge >= 0.3 is 0 Å². The first kappa shape index (κ1) is 32.7. The van der Waals surface area contributed by atoms with Gasteiger partial charge in [0.1, 0.15) is 30.4 Å². The van der Waals surface area contributed by atoms with Crippen LogP contribution in [0.1, 0.15) is 0 Å². The molecule has 0 fully saturated rings. The van der Waals surface area contributed by atoms with Crippen LogP contribution in [0, 0.1) is 0 Å². The molecule has 22 heteroatoms. The van der Waals surface area contributed by atoms with Crippen molar-refractivity contribution < 1.29 is 66.9 Å².